The molecule has 0 radical (unpaired) electrons. The molecule has 1 aromatic rings. The highest BCUT2D eigenvalue weighted by atomic mass is 19.4. The summed E-state index contributed by atoms with van der Waals surface area (Å²) in [5.41, 5.74) is 0.124. The lowest BCUT2D eigenvalue weighted by molar-refractivity contribution is -0.137. The third kappa shape index (κ3) is 6.78. The fourth-order valence-electron chi connectivity index (χ4n) is 2.13. The van der Waals surface area contributed by atoms with E-state index in [1.54, 1.807) is 7.05 Å². The van der Waals surface area contributed by atoms with Crippen molar-refractivity contribution in [2.75, 3.05) is 26.8 Å². The van der Waals surface area contributed by atoms with Gasteiger partial charge in [-0.15, -0.1) is 0 Å². The highest BCUT2D eigenvalue weighted by Gasteiger charge is 2.29. The lowest BCUT2D eigenvalue weighted by atomic mass is 10.1. The van der Waals surface area contributed by atoms with Crippen molar-refractivity contribution >= 4 is 5.96 Å². The molecule has 7 heteroatoms. The quantitative estimate of drug-likeness (QED) is 0.433. The van der Waals surface area contributed by atoms with E-state index in [1.807, 2.05) is 0 Å². The van der Waals surface area contributed by atoms with Crippen molar-refractivity contribution < 1.29 is 17.9 Å². The summed E-state index contributed by atoms with van der Waals surface area (Å²) < 4.78 is 43.1. The minimum absolute atomic E-state index is 0.413. The molecule has 0 unspecified atom stereocenters. The molecule has 2 rings (SSSR count). The van der Waals surface area contributed by atoms with Gasteiger partial charge in [0, 0.05) is 33.4 Å². The molecule has 1 aliphatic rings. The second kappa shape index (κ2) is 8.92. The Morgan fingerprint density at radius 2 is 1.92 bits per heavy atom. The van der Waals surface area contributed by atoms with Gasteiger partial charge in [0.1, 0.15) is 0 Å². The van der Waals surface area contributed by atoms with Crippen LogP contribution in [0, 0.1) is 5.92 Å². The number of rotatable bonds is 8. The fraction of sp³-hybridized carbons (Fsp3) is 0.588. The molecule has 1 aliphatic carbocycles. The number of alkyl halides is 3. The van der Waals surface area contributed by atoms with E-state index < -0.39 is 11.7 Å². The fourth-order valence-corrected chi connectivity index (χ4v) is 2.13. The highest BCUT2D eigenvalue weighted by molar-refractivity contribution is 5.79. The van der Waals surface area contributed by atoms with Gasteiger partial charge in [-0.1, -0.05) is 12.1 Å². The summed E-state index contributed by atoms with van der Waals surface area (Å²) in [6.45, 7) is 2.73. The van der Waals surface area contributed by atoms with Gasteiger partial charge in [0.05, 0.1) is 5.56 Å². The smallest absolute Gasteiger partial charge is 0.381 e. The molecular weight excluding hydrogens is 319 g/mol. The van der Waals surface area contributed by atoms with Gasteiger partial charge in [0.25, 0.3) is 0 Å². The Hall–Kier alpha value is -1.76. The van der Waals surface area contributed by atoms with Crippen LogP contribution in [0.15, 0.2) is 29.3 Å². The molecule has 24 heavy (non-hydrogen) atoms. The van der Waals surface area contributed by atoms with Crippen molar-refractivity contribution in [2.24, 2.45) is 10.9 Å². The molecule has 4 nitrogen and oxygen atoms in total. The van der Waals surface area contributed by atoms with Crippen LogP contribution in [-0.4, -0.2) is 32.8 Å². The van der Waals surface area contributed by atoms with Gasteiger partial charge in [-0.05, 0) is 42.9 Å². The van der Waals surface area contributed by atoms with Crippen molar-refractivity contribution in [1.82, 2.24) is 10.6 Å². The maximum absolute atomic E-state index is 12.5. The van der Waals surface area contributed by atoms with Gasteiger partial charge in [-0.2, -0.15) is 13.2 Å². The second-order valence-electron chi connectivity index (χ2n) is 5.92. The summed E-state index contributed by atoms with van der Waals surface area (Å²) in [4.78, 5) is 4.09. The Bertz CT molecular complexity index is 525. The summed E-state index contributed by atoms with van der Waals surface area (Å²) in [6.07, 6.45) is -0.837. The van der Waals surface area contributed by atoms with Crippen molar-refractivity contribution in [1.29, 1.82) is 0 Å². The predicted octanol–water partition coefficient (Wildman–Crippen LogP) is 3.19. The summed E-state index contributed by atoms with van der Waals surface area (Å²) in [5, 5.41) is 6.24. The molecule has 0 spiro atoms. The topological polar surface area (TPSA) is 45.7 Å². The van der Waals surface area contributed by atoms with E-state index in [0.29, 0.717) is 12.5 Å². The molecule has 0 atom stereocenters. The van der Waals surface area contributed by atoms with Crippen molar-refractivity contribution in [3.63, 3.8) is 0 Å². The monoisotopic (exact) mass is 343 g/mol. The molecule has 0 bridgehead atoms. The van der Waals surface area contributed by atoms with E-state index in [-0.39, 0.29) is 0 Å². The number of ether oxygens (including phenoxy) is 1. The Balaban J connectivity index is 1.63. The number of hydrogen-bond donors (Lipinski definition) is 2. The van der Waals surface area contributed by atoms with Crippen LogP contribution < -0.4 is 10.6 Å². The van der Waals surface area contributed by atoms with Crippen LogP contribution in [0.1, 0.15) is 30.4 Å². The third-order valence-corrected chi connectivity index (χ3v) is 3.77. The Morgan fingerprint density at radius 3 is 2.50 bits per heavy atom. The molecule has 0 aliphatic heterocycles. The first-order valence-electron chi connectivity index (χ1n) is 8.17. The normalized spacial score (nSPS) is 15.4. The molecule has 1 aromatic carbocycles. The van der Waals surface area contributed by atoms with Gasteiger partial charge >= 0.3 is 6.18 Å². The zero-order chi connectivity index (χ0) is 17.4. The Labute approximate surface area is 140 Å². The van der Waals surface area contributed by atoms with Crippen molar-refractivity contribution in [3.8, 4) is 0 Å². The molecule has 0 amide bonds. The molecule has 0 heterocycles. The molecular formula is C17H24F3N3O. The largest absolute Gasteiger partial charge is 0.416 e. The van der Waals surface area contributed by atoms with Crippen LogP contribution in [0.4, 0.5) is 13.2 Å². The van der Waals surface area contributed by atoms with Gasteiger partial charge in [0.2, 0.25) is 0 Å². The summed E-state index contributed by atoms with van der Waals surface area (Å²) in [6, 6.07) is 5.11. The zero-order valence-corrected chi connectivity index (χ0v) is 13.8. The van der Waals surface area contributed by atoms with Crippen LogP contribution in [0.3, 0.4) is 0 Å². The lowest BCUT2D eigenvalue weighted by Gasteiger charge is -2.13. The van der Waals surface area contributed by atoms with E-state index in [1.165, 1.54) is 25.0 Å². The standard InChI is InChI=1S/C17H24F3N3O/c1-21-16(22-9-2-10-24-12-14-3-4-14)23-11-13-5-7-15(8-6-13)17(18,19)20/h5-8,14H,2-4,9-12H2,1H3,(H2,21,22,23). The van der Waals surface area contributed by atoms with Crippen molar-refractivity contribution in [2.45, 2.75) is 32.0 Å². The Kier molecular flexibility index (Phi) is 6.90. The molecule has 2 N–H and O–H groups in total. The molecule has 134 valence electrons. The van der Waals surface area contributed by atoms with E-state index in [0.717, 1.165) is 49.8 Å². The van der Waals surface area contributed by atoms with Gasteiger partial charge in [-0.25, -0.2) is 0 Å². The third-order valence-electron chi connectivity index (χ3n) is 3.77. The van der Waals surface area contributed by atoms with E-state index >= 15 is 0 Å². The number of halogens is 3. The van der Waals surface area contributed by atoms with Crippen molar-refractivity contribution in [3.05, 3.63) is 35.4 Å². The summed E-state index contributed by atoms with van der Waals surface area (Å²) >= 11 is 0. The first kappa shape index (κ1) is 18.6. The van der Waals surface area contributed by atoms with Crippen LogP contribution in [0.5, 0.6) is 0 Å². The maximum atomic E-state index is 12.5. The summed E-state index contributed by atoms with van der Waals surface area (Å²) in [5.74, 6) is 1.40. The molecule has 1 fully saturated rings. The molecule has 0 saturated heterocycles. The SMILES string of the molecule is CN=C(NCCCOCC1CC1)NCc1ccc(C(F)(F)F)cc1. The molecule has 1 saturated carbocycles. The maximum Gasteiger partial charge on any atom is 0.416 e. The average molecular weight is 343 g/mol. The highest BCUT2D eigenvalue weighted by Crippen LogP contribution is 2.29. The Morgan fingerprint density at radius 1 is 1.21 bits per heavy atom. The van der Waals surface area contributed by atoms with Crippen LogP contribution in [0.2, 0.25) is 0 Å². The number of nitrogens with one attached hydrogen (secondary N) is 2. The number of guanidine groups is 1. The number of hydrogen-bond acceptors (Lipinski definition) is 2. The van der Waals surface area contributed by atoms with E-state index in [9.17, 15) is 13.2 Å². The zero-order valence-electron chi connectivity index (χ0n) is 13.8. The van der Waals surface area contributed by atoms with Gasteiger partial charge < -0.3 is 15.4 Å². The minimum Gasteiger partial charge on any atom is -0.381 e. The number of benzene rings is 1. The summed E-state index contributed by atoms with van der Waals surface area (Å²) in [7, 11) is 1.66. The number of nitrogens with zero attached hydrogens (tertiary/aromatic N) is 1. The molecule has 0 aromatic heterocycles. The minimum atomic E-state index is -4.30. The lowest BCUT2D eigenvalue weighted by Crippen LogP contribution is -2.37. The van der Waals surface area contributed by atoms with Crippen LogP contribution >= 0.6 is 0 Å². The average Bonchev–Trinajstić information content (AvgIpc) is 3.37. The first-order valence-corrected chi connectivity index (χ1v) is 8.17. The second-order valence-corrected chi connectivity index (χ2v) is 5.92. The van der Waals surface area contributed by atoms with Gasteiger partial charge in [0.15, 0.2) is 5.96 Å². The van der Waals surface area contributed by atoms with Crippen LogP contribution in [0.25, 0.3) is 0 Å². The first-order chi connectivity index (χ1) is 11.5. The predicted molar refractivity (Wildman–Crippen MR) is 87.8 cm³/mol. The van der Waals surface area contributed by atoms with Crippen LogP contribution in [-0.2, 0) is 17.5 Å². The number of aliphatic imine (C=N–C) groups is 1. The van der Waals surface area contributed by atoms with E-state index in [2.05, 4.69) is 15.6 Å². The van der Waals surface area contributed by atoms with E-state index in [4.69, 9.17) is 4.74 Å². The van der Waals surface area contributed by atoms with Gasteiger partial charge in [-0.3, -0.25) is 4.99 Å².